The summed E-state index contributed by atoms with van der Waals surface area (Å²) in [5.74, 6) is 0. The van der Waals surface area contributed by atoms with Crippen LogP contribution in [-0.4, -0.2) is 24.2 Å². The van der Waals surface area contributed by atoms with Crippen LogP contribution in [0, 0.1) is 0 Å². The standard InChI is InChI=1S/C14H27N3O/c15-12-9-5-2-6-10-13(12)17-14(18)16-11-7-3-1-4-8-11/h11-13H,1-10,15H2,(H2,16,17,18). The quantitative estimate of drug-likeness (QED) is 0.661. The molecule has 4 N–H and O–H groups in total. The molecular formula is C14H27N3O. The number of hydrogen-bond donors (Lipinski definition) is 3. The summed E-state index contributed by atoms with van der Waals surface area (Å²) in [4.78, 5) is 12.0. The average Bonchev–Trinajstić information content (AvgIpc) is 2.56. The normalized spacial score (nSPS) is 30.5. The molecule has 2 rings (SSSR count). The second-order valence-corrected chi connectivity index (χ2v) is 5.86. The molecule has 0 radical (unpaired) electrons. The molecule has 0 aromatic rings. The Bertz CT molecular complexity index is 264. The van der Waals surface area contributed by atoms with Gasteiger partial charge in [-0.1, -0.05) is 38.5 Å². The highest BCUT2D eigenvalue weighted by atomic mass is 16.2. The summed E-state index contributed by atoms with van der Waals surface area (Å²) in [6.07, 6.45) is 11.7. The van der Waals surface area contributed by atoms with Crippen LogP contribution < -0.4 is 16.4 Å². The molecule has 0 bridgehead atoms. The second-order valence-electron chi connectivity index (χ2n) is 5.86. The first kappa shape index (κ1) is 13.7. The van der Waals surface area contributed by atoms with Gasteiger partial charge in [0.05, 0.1) is 0 Å². The monoisotopic (exact) mass is 253 g/mol. The minimum atomic E-state index is -0.00995. The minimum absolute atomic E-state index is 0.00995. The summed E-state index contributed by atoms with van der Waals surface area (Å²) in [6.45, 7) is 0. The van der Waals surface area contributed by atoms with E-state index in [-0.39, 0.29) is 18.1 Å². The van der Waals surface area contributed by atoms with E-state index < -0.39 is 0 Å². The van der Waals surface area contributed by atoms with Crippen molar-refractivity contribution in [1.82, 2.24) is 10.6 Å². The number of amides is 2. The van der Waals surface area contributed by atoms with Crippen molar-refractivity contribution in [2.75, 3.05) is 0 Å². The van der Waals surface area contributed by atoms with Gasteiger partial charge in [-0.2, -0.15) is 0 Å². The fraction of sp³-hybridized carbons (Fsp3) is 0.929. The molecule has 2 aliphatic carbocycles. The van der Waals surface area contributed by atoms with Gasteiger partial charge in [-0.05, 0) is 25.7 Å². The molecule has 0 aromatic heterocycles. The van der Waals surface area contributed by atoms with Crippen LogP contribution in [0.1, 0.15) is 64.2 Å². The topological polar surface area (TPSA) is 67.1 Å². The van der Waals surface area contributed by atoms with Crippen molar-refractivity contribution in [2.24, 2.45) is 5.73 Å². The van der Waals surface area contributed by atoms with E-state index in [1.165, 1.54) is 38.5 Å². The highest BCUT2D eigenvalue weighted by Crippen LogP contribution is 2.18. The molecule has 2 amide bonds. The fourth-order valence-electron chi connectivity index (χ4n) is 3.16. The van der Waals surface area contributed by atoms with E-state index in [4.69, 9.17) is 5.73 Å². The molecule has 2 saturated carbocycles. The molecule has 0 spiro atoms. The molecule has 18 heavy (non-hydrogen) atoms. The van der Waals surface area contributed by atoms with E-state index in [1.807, 2.05) is 0 Å². The van der Waals surface area contributed by atoms with Crippen molar-refractivity contribution in [2.45, 2.75) is 82.3 Å². The summed E-state index contributed by atoms with van der Waals surface area (Å²) in [7, 11) is 0. The molecule has 2 aliphatic rings. The molecule has 4 nitrogen and oxygen atoms in total. The number of urea groups is 1. The maximum atomic E-state index is 12.0. The van der Waals surface area contributed by atoms with Gasteiger partial charge in [0.25, 0.3) is 0 Å². The molecule has 0 aliphatic heterocycles. The first-order valence-corrected chi connectivity index (χ1v) is 7.58. The smallest absolute Gasteiger partial charge is 0.315 e. The van der Waals surface area contributed by atoms with Gasteiger partial charge >= 0.3 is 6.03 Å². The number of hydrogen-bond acceptors (Lipinski definition) is 2. The van der Waals surface area contributed by atoms with Crippen molar-refractivity contribution in [3.63, 3.8) is 0 Å². The van der Waals surface area contributed by atoms with Crippen molar-refractivity contribution in [1.29, 1.82) is 0 Å². The number of nitrogens with one attached hydrogen (secondary N) is 2. The molecular weight excluding hydrogens is 226 g/mol. The van der Waals surface area contributed by atoms with Gasteiger partial charge in [-0.15, -0.1) is 0 Å². The predicted octanol–water partition coefficient (Wildman–Crippen LogP) is 2.28. The Hall–Kier alpha value is -0.770. The third-order valence-corrected chi connectivity index (χ3v) is 4.33. The first-order chi connectivity index (χ1) is 8.75. The zero-order valence-electron chi connectivity index (χ0n) is 11.3. The lowest BCUT2D eigenvalue weighted by Gasteiger charge is -2.26. The lowest BCUT2D eigenvalue weighted by Crippen LogP contribution is -2.52. The largest absolute Gasteiger partial charge is 0.335 e. The molecule has 2 unspecified atom stereocenters. The van der Waals surface area contributed by atoms with Gasteiger partial charge in [0, 0.05) is 18.1 Å². The highest BCUT2D eigenvalue weighted by molar-refractivity contribution is 5.74. The van der Waals surface area contributed by atoms with Gasteiger partial charge in [0.15, 0.2) is 0 Å². The number of rotatable bonds is 2. The molecule has 0 saturated heterocycles. The Kier molecular flexibility index (Phi) is 5.29. The Balaban J connectivity index is 1.74. The Morgan fingerprint density at radius 2 is 1.44 bits per heavy atom. The van der Waals surface area contributed by atoms with Gasteiger partial charge in [-0.3, -0.25) is 0 Å². The van der Waals surface area contributed by atoms with Gasteiger partial charge in [0.2, 0.25) is 0 Å². The fourth-order valence-corrected chi connectivity index (χ4v) is 3.16. The molecule has 0 heterocycles. The Labute approximate surface area is 110 Å². The predicted molar refractivity (Wildman–Crippen MR) is 73.4 cm³/mol. The van der Waals surface area contributed by atoms with Gasteiger partial charge in [-0.25, -0.2) is 4.79 Å². The van der Waals surface area contributed by atoms with E-state index in [2.05, 4.69) is 10.6 Å². The van der Waals surface area contributed by atoms with Crippen molar-refractivity contribution < 1.29 is 4.79 Å². The Morgan fingerprint density at radius 3 is 2.17 bits per heavy atom. The van der Waals surface area contributed by atoms with Gasteiger partial charge in [0.1, 0.15) is 0 Å². The van der Waals surface area contributed by atoms with E-state index in [9.17, 15) is 4.79 Å². The van der Waals surface area contributed by atoms with E-state index in [1.54, 1.807) is 0 Å². The van der Waals surface area contributed by atoms with Crippen LogP contribution in [0.15, 0.2) is 0 Å². The molecule has 104 valence electrons. The highest BCUT2D eigenvalue weighted by Gasteiger charge is 2.23. The van der Waals surface area contributed by atoms with Crippen LogP contribution in [0.3, 0.4) is 0 Å². The molecule has 0 aromatic carbocycles. The van der Waals surface area contributed by atoms with Crippen LogP contribution in [0.2, 0.25) is 0 Å². The maximum Gasteiger partial charge on any atom is 0.315 e. The number of carbonyl (C=O) groups excluding carboxylic acids is 1. The van der Waals surface area contributed by atoms with E-state index >= 15 is 0 Å². The minimum Gasteiger partial charge on any atom is -0.335 e. The zero-order chi connectivity index (χ0) is 12.8. The van der Waals surface area contributed by atoms with Crippen LogP contribution in [0.5, 0.6) is 0 Å². The van der Waals surface area contributed by atoms with Crippen LogP contribution in [-0.2, 0) is 0 Å². The van der Waals surface area contributed by atoms with E-state index in [0.717, 1.165) is 25.7 Å². The lowest BCUT2D eigenvalue weighted by atomic mass is 9.96. The number of carbonyl (C=O) groups is 1. The second kappa shape index (κ2) is 6.98. The van der Waals surface area contributed by atoms with Crippen molar-refractivity contribution >= 4 is 6.03 Å². The molecule has 2 fully saturated rings. The average molecular weight is 253 g/mol. The summed E-state index contributed by atoms with van der Waals surface area (Å²) >= 11 is 0. The van der Waals surface area contributed by atoms with Gasteiger partial charge < -0.3 is 16.4 Å². The molecule has 2 atom stereocenters. The molecule has 4 heteroatoms. The maximum absolute atomic E-state index is 12.0. The summed E-state index contributed by atoms with van der Waals surface area (Å²) < 4.78 is 0. The van der Waals surface area contributed by atoms with Crippen LogP contribution >= 0.6 is 0 Å². The number of nitrogens with two attached hydrogens (primary N) is 1. The SMILES string of the molecule is NC1CCCCCC1NC(=O)NC1CCCCC1. The zero-order valence-corrected chi connectivity index (χ0v) is 11.3. The van der Waals surface area contributed by atoms with Crippen LogP contribution in [0.4, 0.5) is 4.79 Å². The van der Waals surface area contributed by atoms with E-state index in [0.29, 0.717) is 6.04 Å². The van der Waals surface area contributed by atoms with Crippen LogP contribution in [0.25, 0.3) is 0 Å². The third-order valence-electron chi connectivity index (χ3n) is 4.33. The summed E-state index contributed by atoms with van der Waals surface area (Å²) in [6, 6.07) is 0.658. The third kappa shape index (κ3) is 4.16. The van der Waals surface area contributed by atoms with Crippen molar-refractivity contribution in [3.8, 4) is 0 Å². The Morgan fingerprint density at radius 1 is 0.833 bits per heavy atom. The lowest BCUT2D eigenvalue weighted by molar-refractivity contribution is 0.225. The van der Waals surface area contributed by atoms with Crippen molar-refractivity contribution in [3.05, 3.63) is 0 Å². The first-order valence-electron chi connectivity index (χ1n) is 7.58. The summed E-state index contributed by atoms with van der Waals surface area (Å²) in [5.41, 5.74) is 6.12. The summed E-state index contributed by atoms with van der Waals surface area (Å²) in [5, 5.41) is 6.18.